The fourth-order valence-electron chi connectivity index (χ4n) is 3.94. The van der Waals surface area contributed by atoms with E-state index in [2.05, 4.69) is 26.1 Å². The number of fused-ring (bicyclic) bond motifs is 2. The van der Waals surface area contributed by atoms with Crippen LogP contribution in [0.3, 0.4) is 0 Å². The van der Waals surface area contributed by atoms with Crippen LogP contribution in [0.1, 0.15) is 46.5 Å². The highest BCUT2D eigenvalue weighted by molar-refractivity contribution is 8.13. The summed E-state index contributed by atoms with van der Waals surface area (Å²) in [7, 11) is 0. The van der Waals surface area contributed by atoms with Crippen molar-refractivity contribution in [2.45, 2.75) is 52.5 Å². The van der Waals surface area contributed by atoms with Gasteiger partial charge in [0.05, 0.1) is 0 Å². The monoisotopic (exact) mass is 266 g/mol. The van der Waals surface area contributed by atoms with E-state index in [-0.39, 0.29) is 0 Å². The molecule has 3 rings (SSSR count). The van der Waals surface area contributed by atoms with Crippen LogP contribution in [-0.2, 0) is 0 Å². The third kappa shape index (κ3) is 2.56. The molecule has 4 atom stereocenters. The maximum absolute atomic E-state index is 4.72. The Morgan fingerprint density at radius 1 is 1.33 bits per heavy atom. The van der Waals surface area contributed by atoms with Crippen molar-refractivity contribution in [1.82, 2.24) is 5.32 Å². The molecule has 1 N–H and O–H groups in total. The van der Waals surface area contributed by atoms with E-state index in [1.165, 1.54) is 36.6 Å². The van der Waals surface area contributed by atoms with E-state index in [9.17, 15) is 0 Å². The van der Waals surface area contributed by atoms with E-state index in [1.54, 1.807) is 0 Å². The summed E-state index contributed by atoms with van der Waals surface area (Å²) in [4.78, 5) is 4.72. The lowest BCUT2D eigenvalue weighted by atomic mass is 9.84. The fraction of sp³-hybridized carbons (Fsp3) is 0.933. The van der Waals surface area contributed by atoms with Crippen molar-refractivity contribution < 1.29 is 0 Å². The van der Waals surface area contributed by atoms with Crippen molar-refractivity contribution in [2.75, 3.05) is 12.3 Å². The lowest BCUT2D eigenvalue weighted by Crippen LogP contribution is -2.41. The number of nitrogens with zero attached hydrogens (tertiary/aromatic N) is 1. The average Bonchev–Trinajstić information content (AvgIpc) is 2.94. The molecule has 1 heterocycles. The molecule has 1 aliphatic heterocycles. The van der Waals surface area contributed by atoms with Crippen molar-refractivity contribution in [3.8, 4) is 0 Å². The smallest absolute Gasteiger partial charge is 0.156 e. The van der Waals surface area contributed by atoms with Crippen LogP contribution >= 0.6 is 11.8 Å². The molecule has 2 nitrogen and oxygen atoms in total. The van der Waals surface area contributed by atoms with Gasteiger partial charge in [-0.05, 0) is 49.4 Å². The van der Waals surface area contributed by atoms with Gasteiger partial charge in [0.1, 0.15) is 0 Å². The molecule has 0 spiro atoms. The molecule has 0 aromatic carbocycles. The zero-order valence-electron chi connectivity index (χ0n) is 11.9. The summed E-state index contributed by atoms with van der Waals surface area (Å²) in [5.74, 6) is 4.15. The number of amidine groups is 1. The molecule has 3 heteroatoms. The molecule has 0 amide bonds. The topological polar surface area (TPSA) is 24.4 Å². The first-order chi connectivity index (χ1) is 8.53. The lowest BCUT2D eigenvalue weighted by molar-refractivity contribution is 0.279. The summed E-state index contributed by atoms with van der Waals surface area (Å²) in [5.41, 5.74) is 0.380. The first-order valence-electron chi connectivity index (χ1n) is 7.47. The highest BCUT2D eigenvalue weighted by Gasteiger charge is 2.42. The van der Waals surface area contributed by atoms with Gasteiger partial charge in [0.15, 0.2) is 5.17 Å². The maximum Gasteiger partial charge on any atom is 0.156 e. The third-order valence-electron chi connectivity index (χ3n) is 5.04. The zero-order chi connectivity index (χ0) is 12.8. The van der Waals surface area contributed by atoms with E-state index in [4.69, 9.17) is 4.99 Å². The molecule has 2 aliphatic carbocycles. The Hall–Kier alpha value is -0.180. The second kappa shape index (κ2) is 4.73. The molecule has 102 valence electrons. The van der Waals surface area contributed by atoms with Gasteiger partial charge in [0, 0.05) is 18.3 Å². The Bertz CT molecular complexity index is 350. The predicted octanol–water partition coefficient (Wildman–Crippen LogP) is 3.53. The minimum Gasteiger partial charge on any atom is -0.362 e. The highest BCUT2D eigenvalue weighted by atomic mass is 32.2. The summed E-state index contributed by atoms with van der Waals surface area (Å²) in [6.07, 6.45) is 5.94. The molecule has 0 aromatic rings. The standard InChI is InChI=1S/C15H26N2S/c1-10(13-7-11-4-5-12(13)6-11)17-14-16-8-15(2,3)9-18-14/h10-13H,4-9H2,1-3H3,(H,16,17). The Morgan fingerprint density at radius 2 is 2.17 bits per heavy atom. The summed E-state index contributed by atoms with van der Waals surface area (Å²) in [6.45, 7) is 7.96. The van der Waals surface area contributed by atoms with Crippen LogP contribution in [0.15, 0.2) is 4.99 Å². The highest BCUT2D eigenvalue weighted by Crippen LogP contribution is 2.49. The van der Waals surface area contributed by atoms with Gasteiger partial charge in [0.2, 0.25) is 0 Å². The molecular weight excluding hydrogens is 240 g/mol. The lowest BCUT2D eigenvalue weighted by Gasteiger charge is -2.32. The van der Waals surface area contributed by atoms with Crippen LogP contribution in [0.5, 0.6) is 0 Å². The van der Waals surface area contributed by atoms with E-state index >= 15 is 0 Å². The van der Waals surface area contributed by atoms with Crippen LogP contribution in [0, 0.1) is 23.2 Å². The molecule has 0 radical (unpaired) electrons. The number of hydrogen-bond acceptors (Lipinski definition) is 3. The second-order valence-electron chi connectivity index (χ2n) is 7.35. The van der Waals surface area contributed by atoms with Crippen molar-refractivity contribution >= 4 is 16.9 Å². The van der Waals surface area contributed by atoms with Crippen molar-refractivity contribution in [3.63, 3.8) is 0 Å². The van der Waals surface area contributed by atoms with E-state index in [0.717, 1.165) is 24.3 Å². The minimum atomic E-state index is 0.380. The summed E-state index contributed by atoms with van der Waals surface area (Å²) < 4.78 is 0. The Morgan fingerprint density at radius 3 is 2.72 bits per heavy atom. The molecule has 4 unspecified atom stereocenters. The van der Waals surface area contributed by atoms with Crippen LogP contribution in [0.4, 0.5) is 0 Å². The van der Waals surface area contributed by atoms with Gasteiger partial charge < -0.3 is 5.32 Å². The Balaban J connectivity index is 1.55. The van der Waals surface area contributed by atoms with Crippen LogP contribution in [0.25, 0.3) is 0 Å². The zero-order valence-corrected chi connectivity index (χ0v) is 12.7. The fourth-order valence-corrected chi connectivity index (χ4v) is 4.98. The first-order valence-corrected chi connectivity index (χ1v) is 8.46. The maximum atomic E-state index is 4.72. The third-order valence-corrected chi connectivity index (χ3v) is 6.48. The van der Waals surface area contributed by atoms with E-state index in [1.807, 2.05) is 11.8 Å². The molecule has 0 aromatic heterocycles. The summed E-state index contributed by atoms with van der Waals surface area (Å²) in [5, 5.41) is 4.90. The Kier molecular flexibility index (Phi) is 3.38. The van der Waals surface area contributed by atoms with Gasteiger partial charge in [-0.3, -0.25) is 4.99 Å². The molecule has 2 bridgehead atoms. The van der Waals surface area contributed by atoms with E-state index < -0.39 is 0 Å². The Labute approximate surface area is 115 Å². The summed E-state index contributed by atoms with van der Waals surface area (Å²) >= 11 is 1.92. The number of aliphatic imine (C=N–C) groups is 1. The van der Waals surface area contributed by atoms with Crippen LogP contribution in [0.2, 0.25) is 0 Å². The van der Waals surface area contributed by atoms with Crippen LogP contribution < -0.4 is 5.32 Å². The normalized spacial score (nSPS) is 39.5. The quantitative estimate of drug-likeness (QED) is 0.827. The van der Waals surface area contributed by atoms with E-state index in [0.29, 0.717) is 11.5 Å². The summed E-state index contributed by atoms with van der Waals surface area (Å²) in [6, 6.07) is 0.618. The second-order valence-corrected chi connectivity index (χ2v) is 8.31. The largest absolute Gasteiger partial charge is 0.362 e. The van der Waals surface area contributed by atoms with Gasteiger partial charge in [0.25, 0.3) is 0 Å². The van der Waals surface area contributed by atoms with Crippen molar-refractivity contribution in [1.29, 1.82) is 0 Å². The average molecular weight is 266 g/mol. The molecule has 0 saturated heterocycles. The van der Waals surface area contributed by atoms with Gasteiger partial charge in [-0.1, -0.05) is 32.0 Å². The van der Waals surface area contributed by atoms with Gasteiger partial charge in [-0.15, -0.1) is 0 Å². The van der Waals surface area contributed by atoms with Gasteiger partial charge in [-0.2, -0.15) is 0 Å². The molecule has 3 aliphatic rings. The molecule has 18 heavy (non-hydrogen) atoms. The molecule has 2 saturated carbocycles. The number of thioether (sulfide) groups is 1. The van der Waals surface area contributed by atoms with Gasteiger partial charge in [-0.25, -0.2) is 0 Å². The number of rotatable bonds is 2. The predicted molar refractivity (Wildman–Crippen MR) is 80.1 cm³/mol. The van der Waals surface area contributed by atoms with Gasteiger partial charge >= 0.3 is 0 Å². The van der Waals surface area contributed by atoms with Crippen LogP contribution in [-0.4, -0.2) is 23.5 Å². The number of nitrogens with one attached hydrogen (secondary N) is 1. The SMILES string of the molecule is CC(NC1=NCC(C)(C)CS1)C1CC2CCC1C2. The van der Waals surface area contributed by atoms with Crippen molar-refractivity contribution in [3.05, 3.63) is 0 Å². The molecule has 2 fully saturated rings. The molecular formula is C15H26N2S. The van der Waals surface area contributed by atoms with Crippen molar-refractivity contribution in [2.24, 2.45) is 28.2 Å². The minimum absolute atomic E-state index is 0.380. The number of hydrogen-bond donors (Lipinski definition) is 1. The first kappa shape index (κ1) is 12.8.